The molecule has 0 aliphatic carbocycles. The minimum absolute atomic E-state index is 0.270. The van der Waals surface area contributed by atoms with Gasteiger partial charge in [0.25, 0.3) is 5.41 Å². The Labute approximate surface area is 135 Å². The Morgan fingerprint density at radius 2 is 1.33 bits per heavy atom. The summed E-state index contributed by atoms with van der Waals surface area (Å²) in [6.45, 7) is 6.28. The second kappa shape index (κ2) is 6.29. The van der Waals surface area contributed by atoms with Crippen LogP contribution in [-0.2, 0) is 10.2 Å². The zero-order chi connectivity index (χ0) is 19.0. The Hall–Kier alpha value is -1.73. The first-order valence-electron chi connectivity index (χ1n) is 7.13. The normalized spacial score (nSPS) is 13.8. The predicted molar refractivity (Wildman–Crippen MR) is 75.6 cm³/mol. The Bertz CT molecular complexity index is 565. The van der Waals surface area contributed by atoms with Crippen molar-refractivity contribution in [2.24, 2.45) is 5.41 Å². The van der Waals surface area contributed by atoms with Crippen LogP contribution in [0, 0.1) is 5.41 Å². The van der Waals surface area contributed by atoms with E-state index < -0.39 is 30.2 Å². The minimum Gasteiger partial charge on any atom is -0.426 e. The van der Waals surface area contributed by atoms with E-state index in [1.807, 2.05) is 20.8 Å². The van der Waals surface area contributed by atoms with E-state index in [1.165, 1.54) is 24.3 Å². The van der Waals surface area contributed by atoms with Crippen molar-refractivity contribution in [2.45, 2.75) is 51.9 Å². The molecule has 0 aromatic heterocycles. The zero-order valence-electron chi connectivity index (χ0n) is 13.6. The second-order valence-electron chi connectivity index (χ2n) is 6.42. The lowest BCUT2D eigenvalue weighted by Crippen LogP contribution is -2.56. The third-order valence-electron chi connectivity index (χ3n) is 3.78. The number of alkyl halides is 6. The first-order valence-corrected chi connectivity index (χ1v) is 7.13. The molecule has 24 heavy (non-hydrogen) atoms. The fourth-order valence-electron chi connectivity index (χ4n) is 2.15. The van der Waals surface area contributed by atoms with E-state index in [1.54, 1.807) is 0 Å². The van der Waals surface area contributed by atoms with E-state index in [-0.39, 0.29) is 11.2 Å². The summed E-state index contributed by atoms with van der Waals surface area (Å²) in [7, 11) is 0. The summed E-state index contributed by atoms with van der Waals surface area (Å²) < 4.78 is 82.6. The van der Waals surface area contributed by atoms with Crippen molar-refractivity contribution in [1.29, 1.82) is 0 Å². The van der Waals surface area contributed by atoms with E-state index in [4.69, 9.17) is 0 Å². The summed E-state index contributed by atoms with van der Waals surface area (Å²) in [6, 6.07) is 5.31. The molecular formula is C16H18F6O2. The van der Waals surface area contributed by atoms with Gasteiger partial charge in [-0.05, 0) is 29.5 Å². The fourth-order valence-corrected chi connectivity index (χ4v) is 2.15. The molecule has 0 spiro atoms. The van der Waals surface area contributed by atoms with Gasteiger partial charge in [0.05, 0.1) is 0 Å². The maximum atomic E-state index is 13.0. The van der Waals surface area contributed by atoms with Crippen LogP contribution in [0.2, 0.25) is 0 Å². The topological polar surface area (TPSA) is 26.3 Å². The van der Waals surface area contributed by atoms with Crippen LogP contribution >= 0.6 is 0 Å². The molecule has 0 bridgehead atoms. The largest absolute Gasteiger partial charge is 0.426 e. The smallest absolute Gasteiger partial charge is 0.413 e. The molecular weight excluding hydrogens is 338 g/mol. The van der Waals surface area contributed by atoms with Crippen LogP contribution in [0.4, 0.5) is 26.3 Å². The summed E-state index contributed by atoms with van der Waals surface area (Å²) in [5, 5.41) is 0. The van der Waals surface area contributed by atoms with Gasteiger partial charge in [-0.1, -0.05) is 39.8 Å². The zero-order valence-corrected chi connectivity index (χ0v) is 13.6. The van der Waals surface area contributed by atoms with E-state index in [9.17, 15) is 31.1 Å². The fraction of sp³-hybridized carbons (Fsp3) is 0.562. The second-order valence-corrected chi connectivity index (χ2v) is 6.42. The average molecular weight is 356 g/mol. The lowest BCUT2D eigenvalue weighted by molar-refractivity contribution is -0.330. The number of esters is 1. The van der Waals surface area contributed by atoms with Crippen molar-refractivity contribution in [3.05, 3.63) is 29.8 Å². The Kier molecular flexibility index (Phi) is 5.33. The maximum absolute atomic E-state index is 13.0. The molecule has 2 nitrogen and oxygen atoms in total. The molecule has 0 radical (unpaired) electrons. The van der Waals surface area contributed by atoms with E-state index in [2.05, 4.69) is 4.74 Å². The molecule has 0 unspecified atom stereocenters. The van der Waals surface area contributed by atoms with Crippen molar-refractivity contribution in [3.8, 4) is 5.75 Å². The van der Waals surface area contributed by atoms with Crippen LogP contribution in [0.5, 0.6) is 5.75 Å². The van der Waals surface area contributed by atoms with Crippen molar-refractivity contribution in [1.82, 2.24) is 0 Å². The van der Waals surface area contributed by atoms with Gasteiger partial charge in [0.1, 0.15) is 5.75 Å². The van der Waals surface area contributed by atoms with Crippen LogP contribution in [0.15, 0.2) is 24.3 Å². The first kappa shape index (κ1) is 20.3. The number of hydrogen-bond acceptors (Lipinski definition) is 2. The molecule has 0 amide bonds. The van der Waals surface area contributed by atoms with Crippen LogP contribution in [-0.4, -0.2) is 18.3 Å². The number of benzene rings is 1. The highest BCUT2D eigenvalue weighted by Crippen LogP contribution is 2.53. The van der Waals surface area contributed by atoms with E-state index in [0.717, 1.165) is 5.56 Å². The highest BCUT2D eigenvalue weighted by atomic mass is 19.4. The number of carbonyl (C=O) groups excluding carboxylic acids is 1. The predicted octanol–water partition coefficient (Wildman–Crippen LogP) is 5.41. The average Bonchev–Trinajstić information content (AvgIpc) is 2.35. The number of carbonyl (C=O) groups is 1. The Morgan fingerprint density at radius 1 is 0.917 bits per heavy atom. The standard InChI is InChI=1S/C16H18F6O2/c1-5-14(15(17,18)19,16(20,21)22)12(23)24-11-8-6-10(7-9-11)13(2,3)4/h6-9H,5H2,1-4H3. The van der Waals surface area contributed by atoms with Gasteiger partial charge in [-0.15, -0.1) is 0 Å². The van der Waals surface area contributed by atoms with Gasteiger partial charge in [-0.25, -0.2) is 0 Å². The molecule has 1 aromatic carbocycles. The first-order chi connectivity index (χ1) is 10.7. The van der Waals surface area contributed by atoms with E-state index >= 15 is 0 Å². The van der Waals surface area contributed by atoms with Gasteiger partial charge in [0.15, 0.2) is 0 Å². The summed E-state index contributed by atoms with van der Waals surface area (Å²) in [6.07, 6.45) is -13.1. The quantitative estimate of drug-likeness (QED) is 0.411. The number of ether oxygens (including phenoxy) is 1. The van der Waals surface area contributed by atoms with Gasteiger partial charge >= 0.3 is 18.3 Å². The molecule has 0 saturated carbocycles. The molecule has 1 aromatic rings. The molecule has 8 heteroatoms. The summed E-state index contributed by atoms with van der Waals surface area (Å²) in [4.78, 5) is 11.8. The van der Waals surface area contributed by atoms with Crippen LogP contribution in [0.1, 0.15) is 39.7 Å². The van der Waals surface area contributed by atoms with Gasteiger partial charge in [0, 0.05) is 0 Å². The lowest BCUT2D eigenvalue weighted by Gasteiger charge is -2.33. The summed E-state index contributed by atoms with van der Waals surface area (Å²) in [5.74, 6) is -2.76. The highest BCUT2D eigenvalue weighted by Gasteiger charge is 2.75. The van der Waals surface area contributed by atoms with Gasteiger partial charge < -0.3 is 4.74 Å². The molecule has 0 aliphatic heterocycles. The third kappa shape index (κ3) is 3.67. The van der Waals surface area contributed by atoms with Gasteiger partial charge in [-0.3, -0.25) is 4.79 Å². The number of hydrogen-bond donors (Lipinski definition) is 0. The lowest BCUT2D eigenvalue weighted by atomic mass is 9.83. The summed E-state index contributed by atoms with van der Waals surface area (Å²) >= 11 is 0. The highest BCUT2D eigenvalue weighted by molar-refractivity contribution is 5.81. The van der Waals surface area contributed by atoms with Gasteiger partial charge in [0.2, 0.25) is 0 Å². The van der Waals surface area contributed by atoms with Crippen molar-refractivity contribution in [3.63, 3.8) is 0 Å². The molecule has 136 valence electrons. The minimum atomic E-state index is -5.82. The Morgan fingerprint density at radius 3 is 1.62 bits per heavy atom. The molecule has 0 heterocycles. The number of rotatable bonds is 3. The number of halogens is 6. The van der Waals surface area contributed by atoms with Crippen LogP contribution in [0.3, 0.4) is 0 Å². The molecule has 0 fully saturated rings. The van der Waals surface area contributed by atoms with Crippen LogP contribution < -0.4 is 4.74 Å². The third-order valence-corrected chi connectivity index (χ3v) is 3.78. The molecule has 0 atom stereocenters. The molecule has 0 aliphatic rings. The van der Waals surface area contributed by atoms with Crippen molar-refractivity contribution in [2.75, 3.05) is 0 Å². The maximum Gasteiger partial charge on any atom is 0.413 e. The van der Waals surface area contributed by atoms with Gasteiger partial charge in [-0.2, -0.15) is 26.3 Å². The molecule has 0 N–H and O–H groups in total. The van der Waals surface area contributed by atoms with E-state index in [0.29, 0.717) is 6.92 Å². The summed E-state index contributed by atoms with van der Waals surface area (Å²) in [5.41, 5.74) is -4.04. The van der Waals surface area contributed by atoms with Crippen molar-refractivity contribution < 1.29 is 35.9 Å². The Balaban J connectivity index is 3.19. The molecule has 1 rings (SSSR count). The van der Waals surface area contributed by atoms with Crippen LogP contribution in [0.25, 0.3) is 0 Å². The SMILES string of the molecule is CCC(C(=O)Oc1ccc(C(C)(C)C)cc1)(C(F)(F)F)C(F)(F)F. The molecule has 0 saturated heterocycles. The van der Waals surface area contributed by atoms with Crippen molar-refractivity contribution >= 4 is 5.97 Å². The monoisotopic (exact) mass is 356 g/mol.